The van der Waals surface area contributed by atoms with Crippen molar-refractivity contribution in [2.75, 3.05) is 26.7 Å². The molecule has 0 saturated heterocycles. The molecule has 0 aliphatic carbocycles. The Morgan fingerprint density at radius 1 is 1.18 bits per heavy atom. The van der Waals surface area contributed by atoms with Gasteiger partial charge in [-0.2, -0.15) is 4.31 Å². The smallest absolute Gasteiger partial charge is 0.317 e. The van der Waals surface area contributed by atoms with Crippen molar-refractivity contribution in [1.29, 1.82) is 0 Å². The van der Waals surface area contributed by atoms with Crippen molar-refractivity contribution >= 4 is 16.1 Å². The fourth-order valence-corrected chi connectivity index (χ4v) is 5.79. The molecule has 0 bridgehead atoms. The van der Waals surface area contributed by atoms with Gasteiger partial charge in [0.2, 0.25) is 10.0 Å². The summed E-state index contributed by atoms with van der Waals surface area (Å²) in [6, 6.07) is 13.9. The van der Waals surface area contributed by atoms with Crippen molar-refractivity contribution in [2.24, 2.45) is 5.92 Å². The maximum absolute atomic E-state index is 13.6. The predicted molar refractivity (Wildman–Crippen MR) is 132 cm³/mol. The Balaban J connectivity index is 2.06. The zero-order valence-electron chi connectivity index (χ0n) is 20.4. The lowest BCUT2D eigenvalue weighted by atomic mass is 10.0. The lowest BCUT2D eigenvalue weighted by Crippen LogP contribution is -2.51. The van der Waals surface area contributed by atoms with Crippen LogP contribution in [-0.4, -0.2) is 73.7 Å². The van der Waals surface area contributed by atoms with Crippen LogP contribution in [0.2, 0.25) is 0 Å². The van der Waals surface area contributed by atoms with Crippen LogP contribution in [0.15, 0.2) is 53.4 Å². The number of aliphatic hydroxyl groups excluding tert-OH is 1. The minimum atomic E-state index is -3.91. The predicted octanol–water partition coefficient (Wildman–Crippen LogP) is 3.17. The molecule has 1 aliphatic heterocycles. The van der Waals surface area contributed by atoms with Gasteiger partial charge in [-0.1, -0.05) is 43.3 Å². The number of amides is 2. The minimum Gasteiger partial charge on any atom is -0.487 e. The van der Waals surface area contributed by atoms with Gasteiger partial charge in [0.05, 0.1) is 13.2 Å². The van der Waals surface area contributed by atoms with Gasteiger partial charge in [0.25, 0.3) is 0 Å². The molecule has 3 rings (SSSR count). The monoisotopic (exact) mass is 489 g/mol. The molecule has 0 saturated carbocycles. The number of rotatable bonds is 6. The summed E-state index contributed by atoms with van der Waals surface area (Å²) < 4.78 is 34.9. The Morgan fingerprint density at radius 3 is 2.47 bits per heavy atom. The fraction of sp³-hybridized carbons (Fsp3) is 0.480. The highest BCUT2D eigenvalue weighted by atomic mass is 32.2. The molecule has 1 heterocycles. The second kappa shape index (κ2) is 10.8. The van der Waals surface area contributed by atoms with E-state index in [1.165, 1.54) is 4.31 Å². The highest BCUT2D eigenvalue weighted by molar-refractivity contribution is 7.89. The van der Waals surface area contributed by atoms with Crippen LogP contribution in [0.5, 0.6) is 5.75 Å². The second-order valence-electron chi connectivity index (χ2n) is 9.25. The van der Waals surface area contributed by atoms with Crippen molar-refractivity contribution in [3.05, 3.63) is 48.5 Å². The van der Waals surface area contributed by atoms with E-state index in [0.717, 1.165) is 11.1 Å². The molecule has 2 amide bonds. The lowest BCUT2D eigenvalue weighted by molar-refractivity contribution is 0.0810. The maximum atomic E-state index is 13.6. The number of hydrogen-bond acceptors (Lipinski definition) is 5. The van der Waals surface area contributed by atoms with Gasteiger partial charge >= 0.3 is 6.03 Å². The molecule has 9 heteroatoms. The van der Waals surface area contributed by atoms with Crippen molar-refractivity contribution < 1.29 is 23.1 Å². The molecule has 8 nitrogen and oxygen atoms in total. The van der Waals surface area contributed by atoms with E-state index in [0.29, 0.717) is 0 Å². The zero-order chi connectivity index (χ0) is 25.0. The quantitative estimate of drug-likeness (QED) is 0.649. The average Bonchev–Trinajstić information content (AvgIpc) is 2.80. The van der Waals surface area contributed by atoms with Crippen molar-refractivity contribution in [3.8, 4) is 16.9 Å². The average molecular weight is 490 g/mol. The van der Waals surface area contributed by atoms with Gasteiger partial charge in [-0.3, -0.25) is 0 Å². The molecule has 0 fully saturated rings. The van der Waals surface area contributed by atoms with Crippen LogP contribution >= 0.6 is 0 Å². The van der Waals surface area contributed by atoms with E-state index < -0.39 is 22.2 Å². The van der Waals surface area contributed by atoms with Gasteiger partial charge in [0.1, 0.15) is 16.7 Å². The lowest BCUT2D eigenvalue weighted by Gasteiger charge is -2.37. The Bertz CT molecular complexity index is 1090. The zero-order valence-corrected chi connectivity index (χ0v) is 21.2. The normalized spacial score (nSPS) is 21.0. The third kappa shape index (κ3) is 5.71. The topological polar surface area (TPSA) is 99.2 Å². The van der Waals surface area contributed by atoms with Gasteiger partial charge < -0.3 is 20.1 Å². The SMILES string of the molecule is CC(C)NC(=O)N(C)C[C@@H]1Oc2cc(-c3ccccc3)ccc2S(=O)(=O)N([C@@H](C)CO)C[C@H]1C. The van der Waals surface area contributed by atoms with Crippen molar-refractivity contribution in [2.45, 2.75) is 50.8 Å². The van der Waals surface area contributed by atoms with Gasteiger partial charge in [-0.15, -0.1) is 0 Å². The Hall–Kier alpha value is -2.62. The molecule has 0 radical (unpaired) electrons. The van der Waals surface area contributed by atoms with E-state index >= 15 is 0 Å². The van der Waals surface area contributed by atoms with Crippen LogP contribution < -0.4 is 10.1 Å². The largest absolute Gasteiger partial charge is 0.487 e. The van der Waals surface area contributed by atoms with Crippen molar-refractivity contribution in [1.82, 2.24) is 14.5 Å². The number of likely N-dealkylation sites (N-methyl/N-ethyl adjacent to an activating group) is 1. The molecule has 0 spiro atoms. The number of sulfonamides is 1. The van der Waals surface area contributed by atoms with Gasteiger partial charge in [-0.05, 0) is 44.0 Å². The summed E-state index contributed by atoms with van der Waals surface area (Å²) in [6.07, 6.45) is -0.462. The van der Waals surface area contributed by atoms with Gasteiger partial charge in [0, 0.05) is 31.6 Å². The molecule has 34 heavy (non-hydrogen) atoms. The van der Waals surface area contributed by atoms with Crippen LogP contribution in [-0.2, 0) is 10.0 Å². The molecule has 2 aromatic carbocycles. The molecule has 2 aromatic rings. The highest BCUT2D eigenvalue weighted by Gasteiger charge is 2.38. The number of benzene rings is 2. The first-order valence-electron chi connectivity index (χ1n) is 11.5. The van der Waals surface area contributed by atoms with E-state index in [-0.39, 0.29) is 48.3 Å². The third-order valence-electron chi connectivity index (χ3n) is 5.99. The number of carbonyl (C=O) groups is 1. The molecule has 3 atom stereocenters. The Labute approximate surface area is 202 Å². The summed E-state index contributed by atoms with van der Waals surface area (Å²) in [6.45, 7) is 7.50. The van der Waals surface area contributed by atoms with E-state index in [9.17, 15) is 18.3 Å². The number of aliphatic hydroxyl groups is 1. The summed E-state index contributed by atoms with van der Waals surface area (Å²) >= 11 is 0. The van der Waals surface area contributed by atoms with Gasteiger partial charge in [-0.25, -0.2) is 13.2 Å². The first kappa shape index (κ1) is 26.0. The summed E-state index contributed by atoms with van der Waals surface area (Å²) in [5.41, 5.74) is 1.76. The first-order chi connectivity index (χ1) is 16.0. The molecular weight excluding hydrogens is 454 g/mol. The third-order valence-corrected chi connectivity index (χ3v) is 8.01. The van der Waals surface area contributed by atoms with E-state index in [4.69, 9.17) is 4.74 Å². The Kier molecular flexibility index (Phi) is 8.22. The number of urea groups is 1. The van der Waals surface area contributed by atoms with Crippen molar-refractivity contribution in [3.63, 3.8) is 0 Å². The van der Waals surface area contributed by atoms with Crippen LogP contribution in [0.1, 0.15) is 27.7 Å². The number of nitrogens with one attached hydrogen (secondary N) is 1. The molecule has 0 aromatic heterocycles. The number of carbonyl (C=O) groups excluding carboxylic acids is 1. The summed E-state index contributed by atoms with van der Waals surface area (Å²) in [4.78, 5) is 14.1. The second-order valence-corrected chi connectivity index (χ2v) is 11.1. The standard InChI is InChI=1S/C25H35N3O5S/c1-17(2)26-25(30)27(5)15-23-18(3)14-28(19(4)16-29)34(31,32)24-12-11-21(13-22(24)33-23)20-9-7-6-8-10-20/h6-13,17-19,23,29H,14-16H2,1-5H3,(H,26,30)/t18-,19+,23+/m1/s1. The van der Waals surface area contributed by atoms with Crippen LogP contribution in [0.3, 0.4) is 0 Å². The fourth-order valence-electron chi connectivity index (χ4n) is 3.96. The molecule has 1 aliphatic rings. The maximum Gasteiger partial charge on any atom is 0.317 e. The summed E-state index contributed by atoms with van der Waals surface area (Å²) in [5, 5.41) is 12.6. The van der Waals surface area contributed by atoms with E-state index in [2.05, 4.69) is 5.32 Å². The van der Waals surface area contributed by atoms with E-state index in [1.807, 2.05) is 51.1 Å². The summed E-state index contributed by atoms with van der Waals surface area (Å²) in [7, 11) is -2.22. The van der Waals surface area contributed by atoms with Crippen LogP contribution in [0.25, 0.3) is 11.1 Å². The molecule has 186 valence electrons. The van der Waals surface area contributed by atoms with Gasteiger partial charge in [0.15, 0.2) is 0 Å². The minimum absolute atomic E-state index is 0.00850. The molecule has 2 N–H and O–H groups in total. The number of ether oxygens (including phenoxy) is 1. The molecule has 0 unspecified atom stereocenters. The highest BCUT2D eigenvalue weighted by Crippen LogP contribution is 2.36. The van der Waals surface area contributed by atoms with Crippen LogP contribution in [0, 0.1) is 5.92 Å². The number of hydrogen-bond donors (Lipinski definition) is 2. The number of nitrogens with zero attached hydrogens (tertiary/aromatic N) is 2. The summed E-state index contributed by atoms with van der Waals surface area (Å²) in [5.74, 6) is -0.00248. The van der Waals surface area contributed by atoms with Crippen LogP contribution in [0.4, 0.5) is 4.79 Å². The molecular formula is C25H35N3O5S. The van der Waals surface area contributed by atoms with E-state index in [1.54, 1.807) is 37.1 Å². The first-order valence-corrected chi connectivity index (χ1v) is 13.0. The number of fused-ring (bicyclic) bond motifs is 1. The Morgan fingerprint density at radius 2 is 1.85 bits per heavy atom.